The first-order valence-electron chi connectivity index (χ1n) is 22.4. The molecule has 0 radical (unpaired) electrons. The molecule has 0 aromatic heterocycles. The topological polar surface area (TPSA) is 119 Å². The number of ether oxygens (including phenoxy) is 1. The van der Waals surface area contributed by atoms with Crippen molar-refractivity contribution in [2.45, 2.75) is 199 Å². The monoisotopic (exact) mass is 779 g/mol. The van der Waals surface area contributed by atoms with E-state index in [1.807, 2.05) is 0 Å². The minimum atomic E-state index is -1.01. The van der Waals surface area contributed by atoms with Crippen molar-refractivity contribution in [1.29, 1.82) is 0 Å². The molecule has 0 heterocycles. The molecule has 0 aliphatic carbocycles. The molecule has 0 aliphatic heterocycles. The third-order valence-corrected chi connectivity index (χ3v) is 9.46. The highest BCUT2D eigenvalue weighted by atomic mass is 16.5. The molecule has 0 bridgehead atoms. The Labute approximate surface area is 343 Å². The molecule has 4 N–H and O–H groups in total. The van der Waals surface area contributed by atoms with Crippen molar-refractivity contribution in [3.05, 3.63) is 85.1 Å². The Balaban J connectivity index is 4.47. The van der Waals surface area contributed by atoms with E-state index in [0.717, 1.165) is 103 Å². The summed E-state index contributed by atoms with van der Waals surface area (Å²) in [4.78, 5) is 36.4. The second-order valence-corrected chi connectivity index (χ2v) is 14.7. The van der Waals surface area contributed by atoms with Crippen molar-refractivity contribution in [2.24, 2.45) is 5.73 Å². The van der Waals surface area contributed by atoms with Gasteiger partial charge in [0.25, 0.3) is 0 Å². The number of unbranched alkanes of at least 4 members (excludes halogenated alkanes) is 11. The van der Waals surface area contributed by atoms with Gasteiger partial charge in [0.15, 0.2) is 0 Å². The number of nitrogens with two attached hydrogens (primary N) is 1. The summed E-state index contributed by atoms with van der Waals surface area (Å²) in [6.07, 6.45) is 56.3. The number of hydrogen-bond donors (Lipinski definition) is 3. The quantitative estimate of drug-likeness (QED) is 0.0325. The van der Waals surface area contributed by atoms with Crippen LogP contribution >= 0.6 is 0 Å². The van der Waals surface area contributed by atoms with Crippen LogP contribution in [0.5, 0.6) is 0 Å². The Morgan fingerprint density at radius 3 is 1.59 bits per heavy atom. The third kappa shape index (κ3) is 38.8. The van der Waals surface area contributed by atoms with Crippen LogP contribution in [0.2, 0.25) is 0 Å². The number of allylic oxidation sites excluding steroid dienone is 14. The molecule has 0 aliphatic rings. The average Bonchev–Trinajstić information content (AvgIpc) is 3.18. The fourth-order valence-electron chi connectivity index (χ4n) is 6.12. The molecular formula is C49H82N2O5. The predicted molar refractivity (Wildman–Crippen MR) is 238 cm³/mol. The Morgan fingerprint density at radius 2 is 1.02 bits per heavy atom. The van der Waals surface area contributed by atoms with E-state index in [-0.39, 0.29) is 18.0 Å². The highest BCUT2D eigenvalue weighted by Gasteiger charge is 2.19. The molecule has 56 heavy (non-hydrogen) atoms. The van der Waals surface area contributed by atoms with E-state index in [1.54, 1.807) is 0 Å². The minimum absolute atomic E-state index is 0.0630. The SMILES string of the molecule is CC/C=C\C/C=C\C/C=C\C/C=C\C/C=C\C/C=C\CCC(=O)OC(CCC/C=C\CCCCCCCC)CCCCCCCC(=O)NC(CCCN)C(=O)O. The summed E-state index contributed by atoms with van der Waals surface area (Å²) < 4.78 is 5.99. The number of amides is 1. The second-order valence-electron chi connectivity index (χ2n) is 14.7. The Bertz CT molecular complexity index is 1150. The molecular weight excluding hydrogens is 697 g/mol. The number of carboxylic acids is 1. The molecule has 0 saturated carbocycles. The number of rotatable bonds is 39. The first-order valence-corrected chi connectivity index (χ1v) is 22.4. The van der Waals surface area contributed by atoms with E-state index in [4.69, 9.17) is 10.5 Å². The number of nitrogens with one attached hydrogen (secondary N) is 1. The van der Waals surface area contributed by atoms with Gasteiger partial charge in [0.05, 0.1) is 0 Å². The lowest BCUT2D eigenvalue weighted by Gasteiger charge is -2.18. The Kier molecular flexibility index (Phi) is 40.1. The van der Waals surface area contributed by atoms with Crippen LogP contribution in [0.4, 0.5) is 0 Å². The van der Waals surface area contributed by atoms with Gasteiger partial charge in [0, 0.05) is 12.8 Å². The molecule has 0 rings (SSSR count). The Morgan fingerprint density at radius 1 is 0.536 bits per heavy atom. The lowest BCUT2D eigenvalue weighted by atomic mass is 10.0. The van der Waals surface area contributed by atoms with Crippen LogP contribution in [0.25, 0.3) is 0 Å². The number of aliphatic carboxylic acids is 1. The first kappa shape index (κ1) is 52.6. The molecule has 0 saturated heterocycles. The molecule has 0 aromatic carbocycles. The summed E-state index contributed by atoms with van der Waals surface area (Å²) in [6.45, 7) is 4.81. The van der Waals surface area contributed by atoms with Crippen LogP contribution < -0.4 is 11.1 Å². The molecule has 2 unspecified atom stereocenters. The largest absolute Gasteiger partial charge is 0.480 e. The summed E-state index contributed by atoms with van der Waals surface area (Å²) in [7, 11) is 0. The fourth-order valence-corrected chi connectivity index (χ4v) is 6.12. The summed E-state index contributed by atoms with van der Waals surface area (Å²) in [5.74, 6) is -1.35. The van der Waals surface area contributed by atoms with Gasteiger partial charge in [-0.05, 0) is 116 Å². The van der Waals surface area contributed by atoms with Crippen LogP contribution in [-0.2, 0) is 19.1 Å². The Hall–Kier alpha value is -3.45. The lowest BCUT2D eigenvalue weighted by Crippen LogP contribution is -2.40. The van der Waals surface area contributed by atoms with Crippen LogP contribution in [0.15, 0.2) is 85.1 Å². The molecule has 0 spiro atoms. The summed E-state index contributed by atoms with van der Waals surface area (Å²) >= 11 is 0. The van der Waals surface area contributed by atoms with Gasteiger partial charge in [-0.3, -0.25) is 9.59 Å². The van der Waals surface area contributed by atoms with E-state index < -0.39 is 12.0 Å². The first-order chi connectivity index (χ1) is 27.4. The van der Waals surface area contributed by atoms with Gasteiger partial charge in [0.1, 0.15) is 12.1 Å². The summed E-state index contributed by atoms with van der Waals surface area (Å²) in [5.41, 5.74) is 5.48. The van der Waals surface area contributed by atoms with Gasteiger partial charge in [-0.1, -0.05) is 150 Å². The van der Waals surface area contributed by atoms with Gasteiger partial charge in [-0.25, -0.2) is 4.79 Å². The zero-order valence-electron chi connectivity index (χ0n) is 35.7. The second kappa shape index (κ2) is 42.7. The maximum absolute atomic E-state index is 12.8. The van der Waals surface area contributed by atoms with Crippen molar-refractivity contribution >= 4 is 17.8 Å². The van der Waals surface area contributed by atoms with E-state index >= 15 is 0 Å². The normalized spacial score (nSPS) is 13.5. The van der Waals surface area contributed by atoms with Crippen molar-refractivity contribution < 1.29 is 24.2 Å². The maximum atomic E-state index is 12.8. The molecule has 2 atom stereocenters. The van der Waals surface area contributed by atoms with Crippen molar-refractivity contribution in [3.8, 4) is 0 Å². The molecule has 7 heteroatoms. The van der Waals surface area contributed by atoms with E-state index in [0.29, 0.717) is 38.6 Å². The van der Waals surface area contributed by atoms with Crippen LogP contribution in [0.3, 0.4) is 0 Å². The van der Waals surface area contributed by atoms with Gasteiger partial charge >= 0.3 is 11.9 Å². The maximum Gasteiger partial charge on any atom is 0.326 e. The van der Waals surface area contributed by atoms with Crippen molar-refractivity contribution in [1.82, 2.24) is 5.32 Å². The van der Waals surface area contributed by atoms with Gasteiger partial charge in [0.2, 0.25) is 5.91 Å². The zero-order valence-corrected chi connectivity index (χ0v) is 35.7. The third-order valence-electron chi connectivity index (χ3n) is 9.46. The highest BCUT2D eigenvalue weighted by molar-refractivity contribution is 5.83. The number of hydrogen-bond acceptors (Lipinski definition) is 5. The number of carboxylic acid groups (broad SMARTS) is 1. The minimum Gasteiger partial charge on any atom is -0.480 e. The van der Waals surface area contributed by atoms with E-state index in [1.165, 1.54) is 38.5 Å². The summed E-state index contributed by atoms with van der Waals surface area (Å²) in [6, 6.07) is -0.868. The number of esters is 1. The molecule has 1 amide bonds. The van der Waals surface area contributed by atoms with Crippen molar-refractivity contribution in [2.75, 3.05) is 6.54 Å². The molecule has 318 valence electrons. The number of carbonyl (C=O) groups is 3. The fraction of sp³-hybridized carbons (Fsp3) is 0.653. The highest BCUT2D eigenvalue weighted by Crippen LogP contribution is 2.17. The van der Waals surface area contributed by atoms with Gasteiger partial charge in [-0.2, -0.15) is 0 Å². The molecule has 0 fully saturated rings. The van der Waals surface area contributed by atoms with E-state index in [9.17, 15) is 19.5 Å². The smallest absolute Gasteiger partial charge is 0.326 e. The summed E-state index contributed by atoms with van der Waals surface area (Å²) in [5, 5.41) is 11.9. The lowest BCUT2D eigenvalue weighted by molar-refractivity contribution is -0.149. The van der Waals surface area contributed by atoms with Crippen LogP contribution in [0.1, 0.15) is 187 Å². The number of carbonyl (C=O) groups excluding carboxylic acids is 2. The molecule has 7 nitrogen and oxygen atoms in total. The molecule has 0 aromatic rings. The van der Waals surface area contributed by atoms with E-state index in [2.05, 4.69) is 104 Å². The standard InChI is InChI=1S/C49H82N2O5/c1-3-5-7-9-11-13-15-16-17-18-19-20-21-22-24-26-28-33-37-43-48(53)56-45(39-34-30-27-25-23-14-12-10-8-6-4-2)40-35-31-29-32-36-42-47(52)51-46(49(54)55)41-38-44-50/h5,7,11,13,16-17,19-20,22,24-25,27-28,33,45-46H,3-4,6,8-10,12,14-15,18,21,23,26,29-32,34-44,50H2,1-2H3,(H,51,52)(H,54,55)/b7-5-,13-11-,17-16-,20-19-,24-22-,27-25-,33-28-. The van der Waals surface area contributed by atoms with Crippen LogP contribution in [0, 0.1) is 0 Å². The predicted octanol–water partition coefficient (Wildman–Crippen LogP) is 12.9. The van der Waals surface area contributed by atoms with Crippen LogP contribution in [-0.4, -0.2) is 41.6 Å². The van der Waals surface area contributed by atoms with Gasteiger partial charge < -0.3 is 20.9 Å². The van der Waals surface area contributed by atoms with Crippen molar-refractivity contribution in [3.63, 3.8) is 0 Å². The van der Waals surface area contributed by atoms with Gasteiger partial charge in [-0.15, -0.1) is 0 Å². The zero-order chi connectivity index (χ0) is 41.0. The average molecular weight is 779 g/mol.